The number of hydrogen-bond acceptors (Lipinski definition) is 1. The van der Waals surface area contributed by atoms with Gasteiger partial charge >= 0.3 is 0 Å². The molecule has 2 heteroatoms. The maximum absolute atomic E-state index is 5.95. The van der Waals surface area contributed by atoms with Crippen molar-refractivity contribution in [2.45, 2.75) is 11.8 Å². The Bertz CT molecular complexity index is 332. The minimum Gasteiger partial charge on any atom is -0.285 e. The molecule has 2 N–H and O–H groups in total. The highest BCUT2D eigenvalue weighted by Gasteiger charge is 1.92. The number of rotatable bonds is 1. The monoisotopic (exact) mass is 167 g/mol. The molecule has 1 atom stereocenters. The molecule has 0 heterocycles. The van der Waals surface area contributed by atoms with Crippen LogP contribution in [0.5, 0.6) is 0 Å². The molecule has 0 fully saturated rings. The van der Waals surface area contributed by atoms with Crippen LogP contribution in [0.3, 0.4) is 0 Å². The van der Waals surface area contributed by atoms with Gasteiger partial charge < -0.3 is 0 Å². The normalized spacial score (nSPS) is 15.5. The molecule has 0 bridgehead atoms. The van der Waals surface area contributed by atoms with Gasteiger partial charge in [-0.1, -0.05) is 29.4 Å². The molecule has 0 aliphatic carbocycles. The van der Waals surface area contributed by atoms with Crippen LogP contribution in [0, 0.1) is 0 Å². The maximum atomic E-state index is 5.95. The van der Waals surface area contributed by atoms with Crippen molar-refractivity contribution in [3.05, 3.63) is 30.3 Å². The van der Waals surface area contributed by atoms with Crippen LogP contribution in [0.1, 0.15) is 6.92 Å². The SMILES string of the molecule is C=S(N)(=CC)c1ccccc1. The lowest BCUT2D eigenvalue weighted by Crippen LogP contribution is -1.93. The van der Waals surface area contributed by atoms with E-state index in [1.165, 1.54) is 0 Å². The van der Waals surface area contributed by atoms with Crippen molar-refractivity contribution in [1.29, 1.82) is 0 Å². The summed E-state index contributed by atoms with van der Waals surface area (Å²) in [6.07, 6.45) is 0. The minimum atomic E-state index is -1.37. The Morgan fingerprint density at radius 1 is 1.36 bits per heavy atom. The Morgan fingerprint density at radius 3 is 2.36 bits per heavy atom. The largest absolute Gasteiger partial charge is 0.285 e. The van der Waals surface area contributed by atoms with E-state index in [2.05, 4.69) is 5.87 Å². The van der Waals surface area contributed by atoms with E-state index in [0.29, 0.717) is 0 Å². The first-order valence-corrected chi connectivity index (χ1v) is 5.38. The van der Waals surface area contributed by atoms with E-state index >= 15 is 0 Å². The Hall–Kier alpha value is -0.730. The fourth-order valence-corrected chi connectivity index (χ4v) is 1.75. The van der Waals surface area contributed by atoms with E-state index in [-0.39, 0.29) is 0 Å². The Labute approximate surface area is 68.5 Å². The average Bonchev–Trinajstić information content (AvgIpc) is 2.06. The third-order valence-electron chi connectivity index (χ3n) is 1.60. The van der Waals surface area contributed by atoms with Gasteiger partial charge in [0, 0.05) is 4.90 Å². The fourth-order valence-electron chi connectivity index (χ4n) is 0.810. The number of benzene rings is 1. The van der Waals surface area contributed by atoms with E-state index in [4.69, 9.17) is 5.14 Å². The lowest BCUT2D eigenvalue weighted by Gasteiger charge is -2.08. The second-order valence-electron chi connectivity index (χ2n) is 2.40. The minimum absolute atomic E-state index is 1.13. The van der Waals surface area contributed by atoms with Crippen LogP contribution in [0.15, 0.2) is 35.2 Å². The van der Waals surface area contributed by atoms with Crippen LogP contribution in [-0.2, 0) is 0 Å². The van der Waals surface area contributed by atoms with E-state index in [1.54, 1.807) is 0 Å². The molecule has 1 aromatic rings. The average molecular weight is 167 g/mol. The van der Waals surface area contributed by atoms with Gasteiger partial charge in [0.2, 0.25) is 0 Å². The predicted octanol–water partition coefficient (Wildman–Crippen LogP) is 1.98. The van der Waals surface area contributed by atoms with Crippen molar-refractivity contribution in [3.8, 4) is 0 Å². The van der Waals surface area contributed by atoms with Gasteiger partial charge in [0.25, 0.3) is 0 Å². The van der Waals surface area contributed by atoms with Gasteiger partial charge in [-0.2, -0.15) is 0 Å². The Kier molecular flexibility index (Phi) is 2.37. The summed E-state index contributed by atoms with van der Waals surface area (Å²) in [5, 5.41) is 7.93. The molecular weight excluding hydrogens is 154 g/mol. The third-order valence-corrected chi connectivity index (χ3v) is 3.59. The van der Waals surface area contributed by atoms with Crippen LogP contribution >= 0.6 is 9.39 Å². The van der Waals surface area contributed by atoms with Crippen molar-refractivity contribution in [2.75, 3.05) is 0 Å². The topological polar surface area (TPSA) is 26.0 Å². The zero-order valence-corrected chi connectivity index (χ0v) is 7.47. The second kappa shape index (κ2) is 3.11. The van der Waals surface area contributed by atoms with Crippen LogP contribution in [-0.4, -0.2) is 11.2 Å². The fraction of sp³-hybridized carbons (Fsp3) is 0.111. The summed E-state index contributed by atoms with van der Waals surface area (Å²) in [6.45, 7) is 1.95. The lowest BCUT2D eigenvalue weighted by molar-refractivity contribution is 1.46. The predicted molar refractivity (Wildman–Crippen MR) is 55.3 cm³/mol. The molecule has 0 aliphatic heterocycles. The third kappa shape index (κ3) is 1.85. The molecular formula is C9H13NS. The van der Waals surface area contributed by atoms with Crippen LogP contribution in [0.4, 0.5) is 0 Å². The van der Waals surface area contributed by atoms with Crippen LogP contribution < -0.4 is 5.14 Å². The highest BCUT2D eigenvalue weighted by atomic mass is 32.2. The van der Waals surface area contributed by atoms with E-state index in [0.717, 1.165) is 4.90 Å². The number of hydrogen-bond donors (Lipinski definition) is 1. The van der Waals surface area contributed by atoms with Crippen molar-refractivity contribution in [2.24, 2.45) is 5.14 Å². The Balaban J connectivity index is 3.25. The Morgan fingerprint density at radius 2 is 1.91 bits per heavy atom. The van der Waals surface area contributed by atoms with E-state index in [9.17, 15) is 0 Å². The standard InChI is InChI=1S/C9H13NS/c1-3-11(2,10)9-7-5-4-6-8-9/h3-8H,2,10H2,1H3. The zero-order valence-electron chi connectivity index (χ0n) is 6.66. The summed E-state index contributed by atoms with van der Waals surface area (Å²) in [7, 11) is -1.37. The zero-order chi connectivity index (χ0) is 8.32. The molecule has 1 rings (SSSR count). The molecule has 0 aliphatic rings. The first-order chi connectivity index (χ1) is 5.17. The molecule has 0 saturated heterocycles. The molecule has 0 saturated carbocycles. The van der Waals surface area contributed by atoms with Crippen molar-refractivity contribution >= 4 is 20.6 Å². The summed E-state index contributed by atoms with van der Waals surface area (Å²) in [6, 6.07) is 9.98. The molecule has 0 amide bonds. The van der Waals surface area contributed by atoms with Crippen LogP contribution in [0.2, 0.25) is 0 Å². The highest BCUT2D eigenvalue weighted by Crippen LogP contribution is 2.23. The summed E-state index contributed by atoms with van der Waals surface area (Å²) in [4.78, 5) is 1.13. The van der Waals surface area contributed by atoms with Gasteiger partial charge in [0.1, 0.15) is 0 Å². The molecule has 1 nitrogen and oxygen atoms in total. The van der Waals surface area contributed by atoms with Gasteiger partial charge in [0.15, 0.2) is 0 Å². The number of nitrogens with two attached hydrogens (primary N) is 1. The van der Waals surface area contributed by atoms with E-state index < -0.39 is 9.39 Å². The highest BCUT2D eigenvalue weighted by molar-refractivity contribution is 8.26. The van der Waals surface area contributed by atoms with Gasteiger partial charge in [-0.05, 0) is 19.1 Å². The molecule has 0 radical (unpaired) electrons. The second-order valence-corrected chi connectivity index (χ2v) is 5.04. The lowest BCUT2D eigenvalue weighted by atomic mass is 10.4. The van der Waals surface area contributed by atoms with Gasteiger partial charge in [-0.3, -0.25) is 5.14 Å². The summed E-state index contributed by atoms with van der Waals surface area (Å²) in [5.41, 5.74) is 0. The molecule has 0 spiro atoms. The van der Waals surface area contributed by atoms with Gasteiger partial charge in [-0.25, -0.2) is 0 Å². The summed E-state index contributed by atoms with van der Waals surface area (Å²) >= 11 is 0. The molecule has 0 aromatic heterocycles. The van der Waals surface area contributed by atoms with E-state index in [1.807, 2.05) is 42.6 Å². The van der Waals surface area contributed by atoms with Crippen molar-refractivity contribution in [1.82, 2.24) is 0 Å². The quantitative estimate of drug-likeness (QED) is 0.636. The summed E-state index contributed by atoms with van der Waals surface area (Å²) in [5.74, 6) is 3.96. The van der Waals surface area contributed by atoms with Gasteiger partial charge in [-0.15, -0.1) is 9.39 Å². The molecule has 1 unspecified atom stereocenters. The smallest absolute Gasteiger partial charge is 0.00867 e. The molecule has 1 aromatic carbocycles. The first-order valence-electron chi connectivity index (χ1n) is 3.45. The summed E-state index contributed by atoms with van der Waals surface area (Å²) < 4.78 is 0. The van der Waals surface area contributed by atoms with Crippen molar-refractivity contribution < 1.29 is 0 Å². The maximum Gasteiger partial charge on any atom is 0.00867 e. The van der Waals surface area contributed by atoms with Crippen molar-refractivity contribution in [3.63, 3.8) is 0 Å². The first kappa shape index (κ1) is 8.37. The molecule has 60 valence electrons. The molecule has 11 heavy (non-hydrogen) atoms. The van der Waals surface area contributed by atoms with Crippen LogP contribution in [0.25, 0.3) is 0 Å². The van der Waals surface area contributed by atoms with Gasteiger partial charge in [0.05, 0.1) is 0 Å².